The molecule has 0 aromatic heterocycles. The van der Waals surface area contributed by atoms with Crippen molar-refractivity contribution in [1.82, 2.24) is 10.6 Å². The van der Waals surface area contributed by atoms with Crippen molar-refractivity contribution in [2.24, 2.45) is 0 Å². The number of carbonyl (C=O) groups excluding carboxylic acids is 1. The lowest BCUT2D eigenvalue weighted by Gasteiger charge is -2.31. The van der Waals surface area contributed by atoms with Crippen LogP contribution >= 0.6 is 0 Å². The van der Waals surface area contributed by atoms with Crippen molar-refractivity contribution in [1.29, 1.82) is 0 Å². The molecular weight excluding hydrogens is 244 g/mol. The molecule has 5 nitrogen and oxygen atoms in total. The Morgan fingerprint density at radius 3 is 2.63 bits per heavy atom. The number of amides is 1. The summed E-state index contributed by atoms with van der Waals surface area (Å²) >= 11 is 0. The number of hydrogen-bond acceptors (Lipinski definition) is 4. The number of benzene rings is 1. The largest absolute Gasteiger partial charge is 0.394 e. The van der Waals surface area contributed by atoms with Crippen LogP contribution in [0.25, 0.3) is 0 Å². The molecule has 5 heteroatoms. The maximum Gasteiger partial charge on any atom is 0.238 e. The summed E-state index contributed by atoms with van der Waals surface area (Å²) in [4.78, 5) is 12.1. The van der Waals surface area contributed by atoms with Crippen molar-refractivity contribution in [3.05, 3.63) is 35.4 Å². The van der Waals surface area contributed by atoms with Gasteiger partial charge in [0.25, 0.3) is 0 Å². The highest BCUT2D eigenvalue weighted by Crippen LogP contribution is 2.16. The Bertz CT molecular complexity index is 458. The maximum atomic E-state index is 12.1. The summed E-state index contributed by atoms with van der Waals surface area (Å²) in [5.74, 6) is -0.194. The van der Waals surface area contributed by atoms with E-state index >= 15 is 0 Å². The zero-order chi connectivity index (χ0) is 13.9. The number of aliphatic hydroxyl groups is 2. The molecule has 0 aliphatic carbocycles. The highest BCUT2D eigenvalue weighted by molar-refractivity contribution is 5.83. The molecule has 1 aromatic carbocycles. The van der Waals surface area contributed by atoms with Crippen molar-refractivity contribution in [3.63, 3.8) is 0 Å². The van der Waals surface area contributed by atoms with E-state index in [0.717, 1.165) is 5.56 Å². The van der Waals surface area contributed by atoms with Gasteiger partial charge in [0.15, 0.2) is 0 Å². The molecule has 1 aromatic rings. The quantitative estimate of drug-likeness (QED) is 0.594. The lowest BCUT2D eigenvalue weighted by Crippen LogP contribution is -2.58. The molecule has 1 aliphatic heterocycles. The Balaban J connectivity index is 2.03. The first-order valence-electron chi connectivity index (χ1n) is 6.42. The molecule has 0 saturated heterocycles. The molecule has 4 N–H and O–H groups in total. The Labute approximate surface area is 112 Å². The molecule has 1 aliphatic rings. The molecule has 1 amide bonds. The Morgan fingerprint density at radius 1 is 1.37 bits per heavy atom. The minimum absolute atomic E-state index is 0.194. The molecule has 19 heavy (non-hydrogen) atoms. The Hall–Kier alpha value is -1.43. The monoisotopic (exact) mass is 264 g/mol. The molecule has 0 radical (unpaired) electrons. The van der Waals surface area contributed by atoms with Crippen LogP contribution < -0.4 is 10.6 Å². The molecule has 0 fully saturated rings. The molecule has 104 valence electrons. The van der Waals surface area contributed by atoms with Gasteiger partial charge in [-0.3, -0.25) is 4.79 Å². The van der Waals surface area contributed by atoms with Crippen LogP contribution in [0, 0.1) is 0 Å². The third kappa shape index (κ3) is 3.12. The molecule has 0 unspecified atom stereocenters. The van der Waals surface area contributed by atoms with E-state index in [0.29, 0.717) is 13.0 Å². The van der Waals surface area contributed by atoms with Gasteiger partial charge in [-0.15, -0.1) is 0 Å². The predicted octanol–water partition coefficient (Wildman–Crippen LogP) is -0.440. The first-order valence-corrected chi connectivity index (χ1v) is 6.42. The van der Waals surface area contributed by atoms with Crippen molar-refractivity contribution >= 4 is 5.91 Å². The van der Waals surface area contributed by atoms with Crippen molar-refractivity contribution in [3.8, 4) is 0 Å². The summed E-state index contributed by atoms with van der Waals surface area (Å²) in [6.45, 7) is 1.68. The van der Waals surface area contributed by atoms with Gasteiger partial charge in [-0.2, -0.15) is 0 Å². The van der Waals surface area contributed by atoms with E-state index < -0.39 is 5.54 Å². The van der Waals surface area contributed by atoms with Crippen LogP contribution in [-0.2, 0) is 17.8 Å². The summed E-state index contributed by atoms with van der Waals surface area (Å²) in [7, 11) is 0. The lowest BCUT2D eigenvalue weighted by atomic mass is 9.94. The van der Waals surface area contributed by atoms with Gasteiger partial charge < -0.3 is 20.8 Å². The van der Waals surface area contributed by atoms with E-state index in [4.69, 9.17) is 0 Å². The minimum Gasteiger partial charge on any atom is -0.394 e. The highest BCUT2D eigenvalue weighted by Gasteiger charge is 2.30. The second kappa shape index (κ2) is 5.69. The number of rotatable bonds is 4. The average Bonchev–Trinajstić information content (AvgIpc) is 2.46. The van der Waals surface area contributed by atoms with E-state index in [9.17, 15) is 15.0 Å². The standard InChI is InChI=1S/C14H20N2O3/c1-14(8-17,9-18)16-13(19)12-6-10-4-2-3-5-11(10)7-15-12/h2-5,12,15,17-18H,6-9H2,1H3,(H,16,19)/t12-/m1/s1. The normalized spacial score (nSPS) is 18.8. The molecule has 1 heterocycles. The third-order valence-electron chi connectivity index (χ3n) is 3.52. The number of nitrogens with one attached hydrogen (secondary N) is 2. The van der Waals surface area contributed by atoms with Gasteiger partial charge in [0, 0.05) is 6.54 Å². The van der Waals surface area contributed by atoms with Crippen molar-refractivity contribution in [2.45, 2.75) is 31.5 Å². The molecule has 0 spiro atoms. The van der Waals surface area contributed by atoms with Crippen LogP contribution in [-0.4, -0.2) is 40.9 Å². The fourth-order valence-corrected chi connectivity index (χ4v) is 2.15. The van der Waals surface area contributed by atoms with Crippen LogP contribution in [0.4, 0.5) is 0 Å². The summed E-state index contributed by atoms with van der Waals surface area (Å²) < 4.78 is 0. The third-order valence-corrected chi connectivity index (χ3v) is 3.52. The van der Waals surface area contributed by atoms with Gasteiger partial charge in [0.2, 0.25) is 5.91 Å². The summed E-state index contributed by atoms with van der Waals surface area (Å²) in [6, 6.07) is 7.68. The number of hydrogen-bond donors (Lipinski definition) is 4. The Morgan fingerprint density at radius 2 is 2.00 bits per heavy atom. The van der Waals surface area contributed by atoms with Gasteiger partial charge in [-0.25, -0.2) is 0 Å². The van der Waals surface area contributed by atoms with Crippen LogP contribution in [0.1, 0.15) is 18.1 Å². The zero-order valence-corrected chi connectivity index (χ0v) is 11.0. The molecule has 1 atom stereocenters. The summed E-state index contributed by atoms with van der Waals surface area (Å²) in [5.41, 5.74) is 1.39. The van der Waals surface area contributed by atoms with Crippen molar-refractivity contribution in [2.75, 3.05) is 13.2 Å². The predicted molar refractivity (Wildman–Crippen MR) is 71.5 cm³/mol. The van der Waals surface area contributed by atoms with Crippen LogP contribution in [0.3, 0.4) is 0 Å². The first kappa shape index (κ1) is 14.0. The number of fused-ring (bicyclic) bond motifs is 1. The van der Waals surface area contributed by atoms with Gasteiger partial charge in [-0.05, 0) is 24.5 Å². The molecule has 0 bridgehead atoms. The Kier molecular flexibility index (Phi) is 4.19. The van der Waals surface area contributed by atoms with E-state index in [2.05, 4.69) is 10.6 Å². The summed E-state index contributed by atoms with van der Waals surface area (Å²) in [5, 5.41) is 24.3. The van der Waals surface area contributed by atoms with E-state index in [1.165, 1.54) is 5.56 Å². The topological polar surface area (TPSA) is 81.6 Å². The van der Waals surface area contributed by atoms with Crippen LogP contribution in [0.5, 0.6) is 0 Å². The fraction of sp³-hybridized carbons (Fsp3) is 0.500. The van der Waals surface area contributed by atoms with Gasteiger partial charge in [0.1, 0.15) is 0 Å². The van der Waals surface area contributed by atoms with Crippen LogP contribution in [0.15, 0.2) is 24.3 Å². The van der Waals surface area contributed by atoms with E-state index in [1.807, 2.05) is 24.3 Å². The fourth-order valence-electron chi connectivity index (χ4n) is 2.15. The smallest absolute Gasteiger partial charge is 0.238 e. The van der Waals surface area contributed by atoms with E-state index in [1.54, 1.807) is 6.92 Å². The SMILES string of the molecule is CC(CO)(CO)NC(=O)[C@H]1Cc2ccccc2CN1. The molecule has 0 saturated carbocycles. The van der Waals surface area contributed by atoms with E-state index in [-0.39, 0.29) is 25.2 Å². The highest BCUT2D eigenvalue weighted by atomic mass is 16.3. The first-order chi connectivity index (χ1) is 9.08. The van der Waals surface area contributed by atoms with Crippen LogP contribution in [0.2, 0.25) is 0 Å². The second-order valence-electron chi connectivity index (χ2n) is 5.27. The number of aliphatic hydroxyl groups excluding tert-OH is 2. The van der Waals surface area contributed by atoms with Gasteiger partial charge in [-0.1, -0.05) is 24.3 Å². The second-order valence-corrected chi connectivity index (χ2v) is 5.27. The van der Waals surface area contributed by atoms with Gasteiger partial charge in [0.05, 0.1) is 24.8 Å². The van der Waals surface area contributed by atoms with Gasteiger partial charge >= 0.3 is 0 Å². The molecule has 2 rings (SSSR count). The molecular formula is C14H20N2O3. The van der Waals surface area contributed by atoms with Crippen molar-refractivity contribution < 1.29 is 15.0 Å². The zero-order valence-electron chi connectivity index (χ0n) is 11.0. The number of carbonyl (C=O) groups is 1. The maximum absolute atomic E-state index is 12.1. The lowest BCUT2D eigenvalue weighted by molar-refractivity contribution is -0.126. The minimum atomic E-state index is -0.976. The summed E-state index contributed by atoms with van der Waals surface area (Å²) in [6.07, 6.45) is 0.620. The average molecular weight is 264 g/mol.